The van der Waals surface area contributed by atoms with Crippen LogP contribution < -0.4 is 15.7 Å². The van der Waals surface area contributed by atoms with Crippen molar-refractivity contribution in [1.82, 2.24) is 4.98 Å². The number of hydrogen-bond acceptors (Lipinski definition) is 5. The van der Waals surface area contributed by atoms with Gasteiger partial charge in [-0.15, -0.1) is 0 Å². The summed E-state index contributed by atoms with van der Waals surface area (Å²) in [5.74, 6) is 0.536. The highest BCUT2D eigenvalue weighted by molar-refractivity contribution is 5.93. The van der Waals surface area contributed by atoms with Crippen molar-refractivity contribution in [3.05, 3.63) is 101 Å². The van der Waals surface area contributed by atoms with Gasteiger partial charge in [0.1, 0.15) is 5.75 Å². The fraction of sp³-hybridized carbons (Fsp3) is 0.0385. The predicted molar refractivity (Wildman–Crippen MR) is 124 cm³/mol. The zero-order chi connectivity index (χ0) is 21.9. The quantitative estimate of drug-likeness (QED) is 0.430. The van der Waals surface area contributed by atoms with Gasteiger partial charge in [0.25, 0.3) is 5.91 Å². The van der Waals surface area contributed by atoms with Crippen molar-refractivity contribution in [3.8, 4) is 17.2 Å². The monoisotopic (exact) mass is 422 g/mol. The standard InChI is InChI=1S/C26H18N2O4/c29-24(16-31-23-14-6-8-17-7-1-2-11-20(17)23)27-19-10-5-9-18(15-19)25-28-22-13-4-3-12-21(22)26(30)32-25/h1-15H,16H2,(H,27,29). The molecule has 0 aliphatic rings. The number of ether oxygens (including phenoxy) is 1. The second-order valence-electron chi connectivity index (χ2n) is 7.22. The summed E-state index contributed by atoms with van der Waals surface area (Å²) in [4.78, 5) is 29.2. The Morgan fingerprint density at radius 2 is 1.62 bits per heavy atom. The molecule has 6 nitrogen and oxygen atoms in total. The molecule has 5 aromatic rings. The molecule has 1 aromatic heterocycles. The summed E-state index contributed by atoms with van der Waals surface area (Å²) in [5.41, 5.74) is 1.23. The van der Waals surface area contributed by atoms with Crippen LogP contribution in [0.4, 0.5) is 5.69 Å². The van der Waals surface area contributed by atoms with Crippen molar-refractivity contribution in [2.24, 2.45) is 0 Å². The third-order valence-electron chi connectivity index (χ3n) is 5.04. The van der Waals surface area contributed by atoms with E-state index >= 15 is 0 Å². The number of rotatable bonds is 5. The van der Waals surface area contributed by atoms with Gasteiger partial charge in [0.2, 0.25) is 5.89 Å². The van der Waals surface area contributed by atoms with Gasteiger partial charge in [-0.2, -0.15) is 0 Å². The maximum absolute atomic E-state index is 12.5. The number of para-hydroxylation sites is 1. The number of amides is 1. The second kappa shape index (κ2) is 8.35. The molecule has 6 heteroatoms. The molecule has 0 fully saturated rings. The molecule has 1 heterocycles. The minimum Gasteiger partial charge on any atom is -0.483 e. The summed E-state index contributed by atoms with van der Waals surface area (Å²) >= 11 is 0. The lowest BCUT2D eigenvalue weighted by atomic mass is 10.1. The minimum absolute atomic E-state index is 0.137. The lowest BCUT2D eigenvalue weighted by Gasteiger charge is -2.10. The van der Waals surface area contributed by atoms with Crippen LogP contribution in [0.3, 0.4) is 0 Å². The molecule has 0 aliphatic carbocycles. The van der Waals surface area contributed by atoms with Gasteiger partial charge in [-0.3, -0.25) is 4.79 Å². The van der Waals surface area contributed by atoms with E-state index < -0.39 is 5.63 Å². The Morgan fingerprint density at radius 3 is 2.53 bits per heavy atom. The van der Waals surface area contributed by atoms with Crippen molar-refractivity contribution in [3.63, 3.8) is 0 Å². The number of nitrogens with one attached hydrogen (secondary N) is 1. The number of benzene rings is 4. The maximum Gasteiger partial charge on any atom is 0.347 e. The van der Waals surface area contributed by atoms with E-state index in [4.69, 9.17) is 9.15 Å². The largest absolute Gasteiger partial charge is 0.483 e. The van der Waals surface area contributed by atoms with Crippen LogP contribution in [-0.2, 0) is 4.79 Å². The first-order chi connectivity index (χ1) is 15.7. The molecule has 156 valence electrons. The van der Waals surface area contributed by atoms with Crippen LogP contribution in [0.15, 0.2) is 100 Å². The highest BCUT2D eigenvalue weighted by Crippen LogP contribution is 2.25. The van der Waals surface area contributed by atoms with E-state index in [1.54, 1.807) is 42.5 Å². The van der Waals surface area contributed by atoms with Crippen molar-refractivity contribution in [1.29, 1.82) is 0 Å². The topological polar surface area (TPSA) is 81.4 Å². The van der Waals surface area contributed by atoms with Crippen molar-refractivity contribution >= 4 is 33.3 Å². The molecule has 1 N–H and O–H groups in total. The first kappa shape index (κ1) is 19.5. The predicted octanol–water partition coefficient (Wildman–Crippen LogP) is 5.03. The van der Waals surface area contributed by atoms with Gasteiger partial charge < -0.3 is 14.5 Å². The van der Waals surface area contributed by atoms with Gasteiger partial charge in [0.15, 0.2) is 6.61 Å². The summed E-state index contributed by atoms with van der Waals surface area (Å²) in [6.45, 7) is -0.137. The van der Waals surface area contributed by atoms with Gasteiger partial charge in [-0.25, -0.2) is 9.78 Å². The van der Waals surface area contributed by atoms with E-state index in [-0.39, 0.29) is 18.4 Å². The summed E-state index contributed by atoms with van der Waals surface area (Å²) in [6, 6.07) is 27.5. The van der Waals surface area contributed by atoms with Crippen molar-refractivity contribution in [2.45, 2.75) is 0 Å². The Balaban J connectivity index is 1.33. The van der Waals surface area contributed by atoms with Gasteiger partial charge in [0.05, 0.1) is 10.9 Å². The molecule has 0 saturated carbocycles. The van der Waals surface area contributed by atoms with Crippen molar-refractivity contribution in [2.75, 3.05) is 11.9 Å². The number of anilines is 1. The fourth-order valence-corrected chi connectivity index (χ4v) is 3.53. The van der Waals surface area contributed by atoms with Crippen LogP contribution in [0.25, 0.3) is 33.1 Å². The summed E-state index contributed by atoms with van der Waals surface area (Å²) in [7, 11) is 0. The number of hydrogen-bond donors (Lipinski definition) is 1. The number of nitrogens with zero attached hydrogens (tertiary/aromatic N) is 1. The molecule has 0 aliphatic heterocycles. The molecular weight excluding hydrogens is 404 g/mol. The van der Waals surface area contributed by atoms with Crippen LogP contribution >= 0.6 is 0 Å². The first-order valence-corrected chi connectivity index (χ1v) is 10.1. The van der Waals surface area contributed by atoms with Crippen LogP contribution in [0.2, 0.25) is 0 Å². The van der Waals surface area contributed by atoms with E-state index in [0.717, 1.165) is 10.8 Å². The number of aromatic nitrogens is 1. The minimum atomic E-state index is -0.455. The molecule has 0 radical (unpaired) electrons. The molecule has 32 heavy (non-hydrogen) atoms. The Hall–Kier alpha value is -4.45. The zero-order valence-corrected chi connectivity index (χ0v) is 16.9. The SMILES string of the molecule is O=C(COc1cccc2ccccc12)Nc1cccc(-c2nc3ccccc3c(=O)o2)c1. The van der Waals surface area contributed by atoms with Crippen molar-refractivity contribution < 1.29 is 13.9 Å². The van der Waals surface area contributed by atoms with Gasteiger partial charge >= 0.3 is 5.63 Å². The second-order valence-corrected chi connectivity index (χ2v) is 7.22. The number of carbonyl (C=O) groups excluding carboxylic acids is 1. The Bertz CT molecular complexity index is 1500. The van der Waals surface area contributed by atoms with Gasteiger partial charge in [-0.1, -0.05) is 54.6 Å². The summed E-state index contributed by atoms with van der Waals surface area (Å²) in [6.07, 6.45) is 0. The van der Waals surface area contributed by atoms with E-state index in [1.807, 2.05) is 48.5 Å². The summed E-state index contributed by atoms with van der Waals surface area (Å²) < 4.78 is 11.1. The number of carbonyl (C=O) groups is 1. The van der Waals surface area contributed by atoms with E-state index in [9.17, 15) is 9.59 Å². The van der Waals surface area contributed by atoms with Gasteiger partial charge in [0, 0.05) is 16.6 Å². The molecular formula is C26H18N2O4. The smallest absolute Gasteiger partial charge is 0.347 e. The molecule has 1 amide bonds. The Labute approximate surface area is 183 Å². The molecule has 0 atom stereocenters. The zero-order valence-electron chi connectivity index (χ0n) is 16.9. The molecule has 4 aromatic carbocycles. The van der Waals surface area contributed by atoms with Gasteiger partial charge in [-0.05, 0) is 41.8 Å². The average Bonchev–Trinajstić information content (AvgIpc) is 2.83. The first-order valence-electron chi connectivity index (χ1n) is 10.1. The maximum atomic E-state index is 12.5. The molecule has 5 rings (SSSR count). The average molecular weight is 422 g/mol. The van der Waals surface area contributed by atoms with E-state index in [0.29, 0.717) is 27.9 Å². The lowest BCUT2D eigenvalue weighted by Crippen LogP contribution is -2.20. The van der Waals surface area contributed by atoms with E-state index in [1.165, 1.54) is 0 Å². The van der Waals surface area contributed by atoms with E-state index in [2.05, 4.69) is 10.3 Å². The highest BCUT2D eigenvalue weighted by atomic mass is 16.5. The van der Waals surface area contributed by atoms with Crippen LogP contribution in [-0.4, -0.2) is 17.5 Å². The van der Waals surface area contributed by atoms with Crippen LogP contribution in [0.1, 0.15) is 0 Å². The molecule has 0 bridgehead atoms. The highest BCUT2D eigenvalue weighted by Gasteiger charge is 2.11. The molecule has 0 unspecified atom stereocenters. The molecule has 0 saturated heterocycles. The third-order valence-corrected chi connectivity index (χ3v) is 5.04. The number of fused-ring (bicyclic) bond motifs is 2. The normalized spacial score (nSPS) is 10.9. The Morgan fingerprint density at radius 1 is 0.875 bits per heavy atom. The third kappa shape index (κ3) is 3.94. The molecule has 0 spiro atoms. The van der Waals surface area contributed by atoms with Crippen LogP contribution in [0.5, 0.6) is 5.75 Å². The van der Waals surface area contributed by atoms with Crippen LogP contribution in [0, 0.1) is 0 Å². The lowest BCUT2D eigenvalue weighted by molar-refractivity contribution is -0.118. The fourth-order valence-electron chi connectivity index (χ4n) is 3.53. The summed E-state index contributed by atoms with van der Waals surface area (Å²) in [5, 5.41) is 5.22. The Kier molecular flexibility index (Phi) is 5.09.